The van der Waals surface area contributed by atoms with Crippen molar-refractivity contribution in [2.24, 2.45) is 0 Å². The van der Waals surface area contributed by atoms with Crippen LogP contribution in [0, 0.1) is 6.92 Å². The van der Waals surface area contributed by atoms with Gasteiger partial charge in [-0.2, -0.15) is 0 Å². The maximum Gasteiger partial charge on any atom is 0.315 e. The Morgan fingerprint density at radius 1 is 1.05 bits per heavy atom. The van der Waals surface area contributed by atoms with E-state index in [1.54, 1.807) is 0 Å². The summed E-state index contributed by atoms with van der Waals surface area (Å²) in [6, 6.07) is 17.6. The molecule has 0 saturated carbocycles. The number of urea groups is 1. The molecule has 0 aromatic heterocycles. The molecule has 0 atom stereocenters. The van der Waals surface area contributed by atoms with Crippen molar-refractivity contribution in [1.82, 2.24) is 10.6 Å². The highest BCUT2D eigenvalue weighted by Gasteiger charge is 2.00. The van der Waals surface area contributed by atoms with E-state index in [0.717, 1.165) is 17.7 Å². The Morgan fingerprint density at radius 2 is 1.86 bits per heavy atom. The van der Waals surface area contributed by atoms with E-state index in [2.05, 4.69) is 10.6 Å². The Morgan fingerprint density at radius 3 is 2.64 bits per heavy atom. The van der Waals surface area contributed by atoms with Gasteiger partial charge in [0.25, 0.3) is 0 Å². The van der Waals surface area contributed by atoms with Crippen molar-refractivity contribution in [3.8, 4) is 5.75 Å². The van der Waals surface area contributed by atoms with Crippen LogP contribution in [0.2, 0.25) is 0 Å². The van der Waals surface area contributed by atoms with E-state index >= 15 is 0 Å². The van der Waals surface area contributed by atoms with E-state index in [1.807, 2.05) is 61.5 Å². The van der Waals surface area contributed by atoms with Crippen LogP contribution in [0.5, 0.6) is 5.75 Å². The number of hydrogen-bond acceptors (Lipinski definition) is 2. The summed E-state index contributed by atoms with van der Waals surface area (Å²) in [6.45, 7) is 3.74. The maximum absolute atomic E-state index is 11.6. The highest BCUT2D eigenvalue weighted by molar-refractivity contribution is 5.73. The van der Waals surface area contributed by atoms with Gasteiger partial charge in [0.15, 0.2) is 0 Å². The van der Waals surface area contributed by atoms with Gasteiger partial charge in [0, 0.05) is 13.1 Å². The molecule has 0 heterocycles. The minimum atomic E-state index is -0.153. The van der Waals surface area contributed by atoms with Gasteiger partial charge in [0.1, 0.15) is 5.75 Å². The van der Waals surface area contributed by atoms with Crippen LogP contribution in [0.4, 0.5) is 4.79 Å². The van der Waals surface area contributed by atoms with Gasteiger partial charge < -0.3 is 15.4 Å². The third-order valence-corrected chi connectivity index (χ3v) is 3.16. The number of carbonyl (C=O) groups excluding carboxylic acids is 1. The lowest BCUT2D eigenvalue weighted by Crippen LogP contribution is -2.35. The molecule has 0 bridgehead atoms. The predicted octanol–water partition coefficient (Wildman–Crippen LogP) is 3.26. The number of nitrogens with one attached hydrogen (secondary N) is 2. The second-order valence-corrected chi connectivity index (χ2v) is 5.11. The third kappa shape index (κ3) is 5.87. The first-order valence-corrected chi connectivity index (χ1v) is 7.49. The fourth-order valence-electron chi connectivity index (χ4n) is 2.01. The van der Waals surface area contributed by atoms with Crippen molar-refractivity contribution in [3.63, 3.8) is 0 Å². The van der Waals surface area contributed by atoms with Crippen molar-refractivity contribution >= 4 is 6.03 Å². The SMILES string of the molecule is Cc1cccc(OCCCNC(=O)NCc2ccccc2)c1. The Balaban J connectivity index is 1.55. The molecule has 0 aliphatic rings. The fraction of sp³-hybridized carbons (Fsp3) is 0.278. The number of hydrogen-bond donors (Lipinski definition) is 2. The molecule has 2 aromatic carbocycles. The number of carbonyl (C=O) groups is 1. The molecule has 22 heavy (non-hydrogen) atoms. The van der Waals surface area contributed by atoms with Crippen LogP contribution in [-0.4, -0.2) is 19.2 Å². The molecule has 0 saturated heterocycles. The van der Waals surface area contributed by atoms with Gasteiger partial charge in [-0.15, -0.1) is 0 Å². The van der Waals surface area contributed by atoms with Crippen molar-refractivity contribution in [3.05, 3.63) is 65.7 Å². The topological polar surface area (TPSA) is 50.4 Å². The summed E-state index contributed by atoms with van der Waals surface area (Å²) in [5.41, 5.74) is 2.26. The highest BCUT2D eigenvalue weighted by Crippen LogP contribution is 2.12. The number of ether oxygens (including phenoxy) is 1. The zero-order valence-electron chi connectivity index (χ0n) is 12.8. The van der Waals surface area contributed by atoms with Crippen molar-refractivity contribution in [2.45, 2.75) is 19.9 Å². The molecule has 2 amide bonds. The first-order chi connectivity index (χ1) is 10.7. The summed E-state index contributed by atoms with van der Waals surface area (Å²) in [6.07, 6.45) is 0.771. The van der Waals surface area contributed by atoms with Crippen molar-refractivity contribution in [2.75, 3.05) is 13.2 Å². The van der Waals surface area contributed by atoms with Crippen LogP contribution in [0.1, 0.15) is 17.5 Å². The van der Waals surface area contributed by atoms with Gasteiger partial charge in [-0.05, 0) is 36.6 Å². The minimum Gasteiger partial charge on any atom is -0.494 e. The standard InChI is InChI=1S/C18H22N2O2/c1-15-7-5-10-17(13-15)22-12-6-11-19-18(21)20-14-16-8-3-2-4-9-16/h2-5,7-10,13H,6,11-12,14H2,1H3,(H2,19,20,21). The minimum absolute atomic E-state index is 0.153. The van der Waals surface area contributed by atoms with Crippen molar-refractivity contribution < 1.29 is 9.53 Å². The Labute approximate surface area is 131 Å². The van der Waals surface area contributed by atoms with E-state index in [-0.39, 0.29) is 6.03 Å². The molecule has 116 valence electrons. The summed E-state index contributed by atoms with van der Waals surface area (Å²) >= 11 is 0. The van der Waals surface area contributed by atoms with Crippen LogP contribution >= 0.6 is 0 Å². The van der Waals surface area contributed by atoms with Gasteiger partial charge in [-0.3, -0.25) is 0 Å². The Kier molecular flexibility index (Phi) is 6.30. The molecular weight excluding hydrogens is 276 g/mol. The Hall–Kier alpha value is -2.49. The molecule has 4 nitrogen and oxygen atoms in total. The van der Waals surface area contributed by atoms with Gasteiger partial charge in [-0.25, -0.2) is 4.79 Å². The van der Waals surface area contributed by atoms with Crippen LogP contribution in [0.15, 0.2) is 54.6 Å². The summed E-state index contributed by atoms with van der Waals surface area (Å²) < 4.78 is 5.63. The number of amides is 2. The molecule has 2 N–H and O–H groups in total. The molecule has 0 unspecified atom stereocenters. The highest BCUT2D eigenvalue weighted by atomic mass is 16.5. The van der Waals surface area contributed by atoms with Crippen LogP contribution < -0.4 is 15.4 Å². The Bertz CT molecular complexity index is 585. The normalized spacial score (nSPS) is 10.0. The zero-order chi connectivity index (χ0) is 15.6. The molecule has 0 fully saturated rings. The van der Waals surface area contributed by atoms with E-state index < -0.39 is 0 Å². The van der Waals surface area contributed by atoms with E-state index in [1.165, 1.54) is 5.56 Å². The average Bonchev–Trinajstić information content (AvgIpc) is 2.54. The van der Waals surface area contributed by atoms with Gasteiger partial charge in [0.2, 0.25) is 0 Å². The van der Waals surface area contributed by atoms with Crippen LogP contribution in [0.25, 0.3) is 0 Å². The zero-order valence-corrected chi connectivity index (χ0v) is 12.8. The largest absolute Gasteiger partial charge is 0.494 e. The molecule has 0 spiro atoms. The number of aryl methyl sites for hydroxylation is 1. The van der Waals surface area contributed by atoms with Gasteiger partial charge >= 0.3 is 6.03 Å². The molecule has 0 aliphatic heterocycles. The quantitative estimate of drug-likeness (QED) is 0.771. The smallest absolute Gasteiger partial charge is 0.315 e. The monoisotopic (exact) mass is 298 g/mol. The molecular formula is C18H22N2O2. The lowest BCUT2D eigenvalue weighted by atomic mass is 10.2. The first-order valence-electron chi connectivity index (χ1n) is 7.49. The molecule has 0 radical (unpaired) electrons. The first kappa shape index (κ1) is 15.9. The summed E-state index contributed by atoms with van der Waals surface area (Å²) in [5.74, 6) is 0.869. The van der Waals surface area contributed by atoms with Crippen LogP contribution in [0.3, 0.4) is 0 Å². The molecule has 2 aromatic rings. The number of rotatable bonds is 7. The second-order valence-electron chi connectivity index (χ2n) is 5.11. The molecule has 4 heteroatoms. The third-order valence-electron chi connectivity index (χ3n) is 3.16. The predicted molar refractivity (Wildman–Crippen MR) is 88.0 cm³/mol. The van der Waals surface area contributed by atoms with Gasteiger partial charge in [-0.1, -0.05) is 42.5 Å². The van der Waals surface area contributed by atoms with Crippen LogP contribution in [-0.2, 0) is 6.54 Å². The number of benzene rings is 2. The summed E-state index contributed by atoms with van der Waals surface area (Å²) in [5, 5.41) is 5.64. The average molecular weight is 298 g/mol. The lowest BCUT2D eigenvalue weighted by molar-refractivity contribution is 0.238. The lowest BCUT2D eigenvalue weighted by Gasteiger charge is -2.09. The molecule has 2 rings (SSSR count). The summed E-state index contributed by atoms with van der Waals surface area (Å²) in [4.78, 5) is 11.6. The molecule has 0 aliphatic carbocycles. The van der Waals surface area contributed by atoms with E-state index in [4.69, 9.17) is 4.74 Å². The van der Waals surface area contributed by atoms with Crippen molar-refractivity contribution in [1.29, 1.82) is 0 Å². The fourth-order valence-corrected chi connectivity index (χ4v) is 2.01. The van der Waals surface area contributed by atoms with Gasteiger partial charge in [0.05, 0.1) is 6.61 Å². The summed E-state index contributed by atoms with van der Waals surface area (Å²) in [7, 11) is 0. The second kappa shape index (κ2) is 8.72. The van der Waals surface area contributed by atoms with E-state index in [9.17, 15) is 4.79 Å². The van der Waals surface area contributed by atoms with E-state index in [0.29, 0.717) is 19.7 Å². The maximum atomic E-state index is 11.6.